The SMILES string of the molecule is COC(=O)c1cc(CCCBr)n(C)n1. The summed E-state index contributed by atoms with van der Waals surface area (Å²) in [5.41, 5.74) is 1.42. The molecule has 0 radical (unpaired) electrons. The molecule has 0 spiro atoms. The van der Waals surface area contributed by atoms with E-state index in [1.807, 2.05) is 7.05 Å². The first kappa shape index (κ1) is 11.2. The summed E-state index contributed by atoms with van der Waals surface area (Å²) in [7, 11) is 3.19. The van der Waals surface area contributed by atoms with Crippen LogP contribution in [0.2, 0.25) is 0 Å². The van der Waals surface area contributed by atoms with E-state index in [1.165, 1.54) is 7.11 Å². The van der Waals surface area contributed by atoms with Crippen molar-refractivity contribution in [1.29, 1.82) is 0 Å². The summed E-state index contributed by atoms with van der Waals surface area (Å²) in [5.74, 6) is -0.384. The number of aromatic nitrogens is 2. The molecule has 0 saturated heterocycles. The molecule has 0 bridgehead atoms. The number of ether oxygens (including phenoxy) is 1. The summed E-state index contributed by atoms with van der Waals surface area (Å²) in [5, 5.41) is 5.01. The van der Waals surface area contributed by atoms with E-state index in [0.29, 0.717) is 5.69 Å². The fourth-order valence-corrected chi connectivity index (χ4v) is 1.47. The average Bonchev–Trinajstić information content (AvgIpc) is 2.56. The van der Waals surface area contributed by atoms with Gasteiger partial charge in [0, 0.05) is 18.1 Å². The Kier molecular flexibility index (Phi) is 4.13. The smallest absolute Gasteiger partial charge is 0.358 e. The Morgan fingerprint density at radius 1 is 1.71 bits per heavy atom. The first-order valence-corrected chi connectivity index (χ1v) is 5.48. The monoisotopic (exact) mass is 260 g/mol. The fourth-order valence-electron chi connectivity index (χ4n) is 1.19. The highest BCUT2D eigenvalue weighted by atomic mass is 79.9. The second-order valence-corrected chi connectivity index (χ2v) is 3.72. The Morgan fingerprint density at radius 3 is 3.00 bits per heavy atom. The summed E-state index contributed by atoms with van der Waals surface area (Å²) in [6, 6.07) is 1.77. The van der Waals surface area contributed by atoms with Crippen LogP contribution in [0.25, 0.3) is 0 Å². The lowest BCUT2D eigenvalue weighted by Crippen LogP contribution is -2.03. The van der Waals surface area contributed by atoms with E-state index >= 15 is 0 Å². The van der Waals surface area contributed by atoms with E-state index in [9.17, 15) is 4.79 Å². The molecule has 0 aromatic carbocycles. The molecule has 1 aromatic rings. The van der Waals surface area contributed by atoms with Gasteiger partial charge in [0.15, 0.2) is 5.69 Å². The molecule has 0 saturated carbocycles. The number of nitrogens with zero attached hydrogens (tertiary/aromatic N) is 2. The maximum atomic E-state index is 11.1. The molecule has 0 N–H and O–H groups in total. The molecular formula is C9H13BrN2O2. The van der Waals surface area contributed by atoms with Crippen molar-refractivity contribution in [3.05, 3.63) is 17.5 Å². The van der Waals surface area contributed by atoms with Crippen LogP contribution in [0.15, 0.2) is 6.07 Å². The second kappa shape index (κ2) is 5.14. The first-order valence-electron chi connectivity index (χ1n) is 4.36. The number of carbonyl (C=O) groups is 1. The number of rotatable bonds is 4. The number of aryl methyl sites for hydroxylation is 2. The van der Waals surface area contributed by atoms with Gasteiger partial charge in [-0.3, -0.25) is 4.68 Å². The van der Waals surface area contributed by atoms with Gasteiger partial charge in [0.1, 0.15) is 0 Å². The van der Waals surface area contributed by atoms with Gasteiger partial charge in [-0.1, -0.05) is 15.9 Å². The molecule has 0 unspecified atom stereocenters. The van der Waals surface area contributed by atoms with Crippen LogP contribution in [0.5, 0.6) is 0 Å². The average molecular weight is 261 g/mol. The number of halogens is 1. The molecule has 0 aliphatic carbocycles. The van der Waals surface area contributed by atoms with E-state index in [-0.39, 0.29) is 5.97 Å². The van der Waals surface area contributed by atoms with E-state index in [0.717, 1.165) is 23.9 Å². The fraction of sp³-hybridized carbons (Fsp3) is 0.556. The molecule has 1 heterocycles. The number of hydrogen-bond acceptors (Lipinski definition) is 3. The third-order valence-electron chi connectivity index (χ3n) is 1.94. The Labute approximate surface area is 91.4 Å². The number of hydrogen-bond donors (Lipinski definition) is 0. The third kappa shape index (κ3) is 2.57. The molecule has 5 heteroatoms. The van der Waals surface area contributed by atoms with Crippen molar-refractivity contribution in [2.24, 2.45) is 7.05 Å². The molecule has 78 valence electrons. The maximum Gasteiger partial charge on any atom is 0.358 e. The van der Waals surface area contributed by atoms with Crippen molar-refractivity contribution >= 4 is 21.9 Å². The molecule has 0 aliphatic heterocycles. The van der Waals surface area contributed by atoms with Gasteiger partial charge in [-0.25, -0.2) is 4.79 Å². The van der Waals surface area contributed by atoms with Gasteiger partial charge in [-0.05, 0) is 18.9 Å². The van der Waals surface area contributed by atoms with Crippen molar-refractivity contribution < 1.29 is 9.53 Å². The molecule has 0 fully saturated rings. The summed E-state index contributed by atoms with van der Waals surface area (Å²) >= 11 is 3.36. The Morgan fingerprint density at radius 2 is 2.43 bits per heavy atom. The Hall–Kier alpha value is -0.840. The predicted molar refractivity (Wildman–Crippen MR) is 56.7 cm³/mol. The zero-order valence-corrected chi connectivity index (χ0v) is 9.87. The highest BCUT2D eigenvalue weighted by Crippen LogP contribution is 2.07. The lowest BCUT2D eigenvalue weighted by molar-refractivity contribution is 0.0593. The van der Waals surface area contributed by atoms with Crippen LogP contribution in [0.4, 0.5) is 0 Å². The van der Waals surface area contributed by atoms with Crippen LogP contribution in [-0.2, 0) is 18.2 Å². The molecule has 0 atom stereocenters. The largest absolute Gasteiger partial charge is 0.464 e. The first-order chi connectivity index (χ1) is 6.69. The molecule has 1 aromatic heterocycles. The normalized spacial score (nSPS) is 10.2. The highest BCUT2D eigenvalue weighted by molar-refractivity contribution is 9.09. The zero-order valence-electron chi connectivity index (χ0n) is 8.29. The van der Waals surface area contributed by atoms with Gasteiger partial charge in [-0.15, -0.1) is 0 Å². The molecule has 1 rings (SSSR count). The minimum atomic E-state index is -0.384. The van der Waals surface area contributed by atoms with Gasteiger partial charge < -0.3 is 4.74 Å². The lowest BCUT2D eigenvalue weighted by Gasteiger charge is -1.97. The Bertz CT molecular complexity index is 323. The van der Waals surface area contributed by atoms with E-state index in [4.69, 9.17) is 0 Å². The molecular weight excluding hydrogens is 248 g/mol. The summed E-state index contributed by atoms with van der Waals surface area (Å²) in [6.07, 6.45) is 1.94. The summed E-state index contributed by atoms with van der Waals surface area (Å²) < 4.78 is 6.30. The van der Waals surface area contributed by atoms with Crippen molar-refractivity contribution in [3.8, 4) is 0 Å². The third-order valence-corrected chi connectivity index (χ3v) is 2.50. The van der Waals surface area contributed by atoms with Crippen LogP contribution in [0.3, 0.4) is 0 Å². The minimum absolute atomic E-state index is 0.375. The van der Waals surface area contributed by atoms with Crippen LogP contribution in [-0.4, -0.2) is 28.2 Å². The predicted octanol–water partition coefficient (Wildman–Crippen LogP) is 1.53. The molecule has 0 aliphatic rings. The van der Waals surface area contributed by atoms with Gasteiger partial charge in [0.2, 0.25) is 0 Å². The van der Waals surface area contributed by atoms with Gasteiger partial charge in [0.25, 0.3) is 0 Å². The van der Waals surface area contributed by atoms with Crippen LogP contribution in [0, 0.1) is 0 Å². The van der Waals surface area contributed by atoms with Crippen molar-refractivity contribution in [2.45, 2.75) is 12.8 Å². The summed E-state index contributed by atoms with van der Waals surface area (Å²) in [4.78, 5) is 11.1. The standard InChI is InChI=1S/C9H13BrN2O2/c1-12-7(4-3-5-10)6-8(11-12)9(13)14-2/h6H,3-5H2,1-2H3. The van der Waals surface area contributed by atoms with Crippen molar-refractivity contribution in [1.82, 2.24) is 9.78 Å². The quantitative estimate of drug-likeness (QED) is 0.610. The summed E-state index contributed by atoms with van der Waals surface area (Å²) in [6.45, 7) is 0. The van der Waals surface area contributed by atoms with Crippen molar-refractivity contribution in [3.63, 3.8) is 0 Å². The van der Waals surface area contributed by atoms with Crippen LogP contribution >= 0.6 is 15.9 Å². The number of methoxy groups -OCH3 is 1. The zero-order chi connectivity index (χ0) is 10.6. The van der Waals surface area contributed by atoms with Gasteiger partial charge in [-0.2, -0.15) is 5.10 Å². The molecule has 4 nitrogen and oxygen atoms in total. The maximum absolute atomic E-state index is 11.1. The minimum Gasteiger partial charge on any atom is -0.464 e. The lowest BCUT2D eigenvalue weighted by atomic mass is 10.2. The molecule has 14 heavy (non-hydrogen) atoms. The molecule has 0 amide bonds. The second-order valence-electron chi connectivity index (χ2n) is 2.93. The number of esters is 1. The highest BCUT2D eigenvalue weighted by Gasteiger charge is 2.12. The van der Waals surface area contributed by atoms with Gasteiger partial charge >= 0.3 is 5.97 Å². The van der Waals surface area contributed by atoms with Gasteiger partial charge in [0.05, 0.1) is 7.11 Å². The van der Waals surface area contributed by atoms with Crippen LogP contribution < -0.4 is 0 Å². The topological polar surface area (TPSA) is 44.1 Å². The number of carbonyl (C=O) groups excluding carboxylic acids is 1. The van der Waals surface area contributed by atoms with Crippen LogP contribution in [0.1, 0.15) is 22.6 Å². The number of alkyl halides is 1. The Balaban J connectivity index is 2.76. The van der Waals surface area contributed by atoms with E-state index < -0.39 is 0 Å². The van der Waals surface area contributed by atoms with E-state index in [1.54, 1.807) is 10.7 Å². The van der Waals surface area contributed by atoms with E-state index in [2.05, 4.69) is 25.8 Å². The van der Waals surface area contributed by atoms with Crippen molar-refractivity contribution in [2.75, 3.05) is 12.4 Å².